The number of aromatic nitrogens is 1. The van der Waals surface area contributed by atoms with E-state index in [0.717, 1.165) is 16.8 Å². The molecule has 0 bridgehead atoms. The zero-order valence-electron chi connectivity index (χ0n) is 13.6. The average molecular weight is 365 g/mol. The van der Waals surface area contributed by atoms with E-state index in [9.17, 15) is 4.79 Å². The number of pyridine rings is 1. The second-order valence-corrected chi connectivity index (χ2v) is 6.19. The van der Waals surface area contributed by atoms with Gasteiger partial charge in [0.1, 0.15) is 12.9 Å². The Morgan fingerprint density at radius 1 is 1.17 bits per heavy atom. The van der Waals surface area contributed by atoms with E-state index in [1.807, 2.05) is 19.1 Å². The Hall–Kier alpha value is -1.91. The number of hydrogen-bond donors (Lipinski definition) is 0. The summed E-state index contributed by atoms with van der Waals surface area (Å²) in [5.74, 6) is 0.115. The van der Waals surface area contributed by atoms with Gasteiger partial charge in [0.25, 0.3) is 0 Å². The molecular weight excluding hydrogens is 347 g/mol. The van der Waals surface area contributed by atoms with E-state index in [0.29, 0.717) is 35.0 Å². The van der Waals surface area contributed by atoms with E-state index >= 15 is 0 Å². The van der Waals surface area contributed by atoms with Crippen LogP contribution in [0.1, 0.15) is 29.7 Å². The fraction of sp³-hybridized carbons (Fsp3) is 0.278. The third-order valence-electron chi connectivity index (χ3n) is 3.47. The summed E-state index contributed by atoms with van der Waals surface area (Å²) in [4.78, 5) is 21.3. The Labute approximate surface area is 151 Å². The molecule has 0 aliphatic carbocycles. The van der Waals surface area contributed by atoms with Gasteiger partial charge in [0.2, 0.25) is 0 Å². The Morgan fingerprint density at radius 3 is 2.58 bits per heavy atom. The van der Waals surface area contributed by atoms with Crippen molar-refractivity contribution in [2.24, 2.45) is 5.16 Å². The van der Waals surface area contributed by atoms with Crippen LogP contribution in [0.25, 0.3) is 0 Å². The van der Waals surface area contributed by atoms with Crippen molar-refractivity contribution >= 4 is 34.7 Å². The lowest BCUT2D eigenvalue weighted by Crippen LogP contribution is -2.09. The molecule has 0 atom stereocenters. The normalized spacial score (nSPS) is 11.4. The largest absolute Gasteiger partial charge is 0.399 e. The highest BCUT2D eigenvalue weighted by atomic mass is 35.5. The quantitative estimate of drug-likeness (QED) is 0.531. The van der Waals surface area contributed by atoms with Gasteiger partial charge in [-0.2, -0.15) is 0 Å². The maximum Gasteiger partial charge on any atom is 0.137 e. The Balaban J connectivity index is 2.00. The predicted octanol–water partition coefficient (Wildman–Crippen LogP) is 4.64. The van der Waals surface area contributed by atoms with Crippen LogP contribution in [0.2, 0.25) is 10.0 Å². The summed E-state index contributed by atoms with van der Waals surface area (Å²) in [5, 5.41) is 4.92. The summed E-state index contributed by atoms with van der Waals surface area (Å²) in [6.45, 7) is 1.91. The summed E-state index contributed by atoms with van der Waals surface area (Å²) >= 11 is 12.0. The number of halogens is 2. The SMILES string of the molecule is CO/N=C(\CCC(=O)Cc1ccc(C)nc1)c1ccc(Cl)c(Cl)c1. The zero-order chi connectivity index (χ0) is 17.5. The second kappa shape index (κ2) is 8.81. The van der Waals surface area contributed by atoms with Crippen LogP contribution in [0.3, 0.4) is 0 Å². The fourth-order valence-electron chi connectivity index (χ4n) is 2.21. The van der Waals surface area contributed by atoms with Gasteiger partial charge in [-0.15, -0.1) is 0 Å². The molecular formula is C18H18Cl2N2O2. The molecule has 2 rings (SSSR count). The number of aryl methyl sites for hydroxylation is 1. The molecule has 0 aliphatic heterocycles. The van der Waals surface area contributed by atoms with Gasteiger partial charge >= 0.3 is 0 Å². The lowest BCUT2D eigenvalue weighted by molar-refractivity contribution is -0.118. The molecule has 2 aromatic rings. The van der Waals surface area contributed by atoms with Crippen molar-refractivity contribution in [2.75, 3.05) is 7.11 Å². The van der Waals surface area contributed by atoms with Crippen LogP contribution in [-0.2, 0) is 16.1 Å². The number of oxime groups is 1. The average Bonchev–Trinajstić information content (AvgIpc) is 2.56. The molecule has 0 N–H and O–H groups in total. The first-order chi connectivity index (χ1) is 11.5. The van der Waals surface area contributed by atoms with E-state index in [4.69, 9.17) is 28.0 Å². The van der Waals surface area contributed by atoms with E-state index in [-0.39, 0.29) is 5.78 Å². The van der Waals surface area contributed by atoms with Crippen molar-refractivity contribution in [3.05, 3.63) is 63.4 Å². The third-order valence-corrected chi connectivity index (χ3v) is 4.21. The van der Waals surface area contributed by atoms with Gasteiger partial charge < -0.3 is 4.84 Å². The molecule has 24 heavy (non-hydrogen) atoms. The molecule has 0 fully saturated rings. The summed E-state index contributed by atoms with van der Waals surface area (Å²) < 4.78 is 0. The molecule has 0 aliphatic rings. The van der Waals surface area contributed by atoms with Gasteiger partial charge in [-0.1, -0.05) is 40.5 Å². The van der Waals surface area contributed by atoms with Crippen LogP contribution in [0.15, 0.2) is 41.7 Å². The minimum absolute atomic E-state index is 0.115. The highest BCUT2D eigenvalue weighted by Crippen LogP contribution is 2.23. The van der Waals surface area contributed by atoms with Crippen LogP contribution in [0.5, 0.6) is 0 Å². The molecule has 0 spiro atoms. The van der Waals surface area contributed by atoms with Gasteiger partial charge in [0.05, 0.1) is 15.8 Å². The lowest BCUT2D eigenvalue weighted by atomic mass is 10.0. The van der Waals surface area contributed by atoms with Crippen molar-refractivity contribution in [1.29, 1.82) is 0 Å². The molecule has 0 radical (unpaired) electrons. The van der Waals surface area contributed by atoms with Gasteiger partial charge in [0, 0.05) is 36.7 Å². The van der Waals surface area contributed by atoms with E-state index in [1.165, 1.54) is 7.11 Å². The topological polar surface area (TPSA) is 51.5 Å². The van der Waals surface area contributed by atoms with Crippen molar-refractivity contribution in [3.63, 3.8) is 0 Å². The maximum absolute atomic E-state index is 12.2. The first kappa shape index (κ1) is 18.4. The van der Waals surface area contributed by atoms with Crippen LogP contribution >= 0.6 is 23.2 Å². The minimum atomic E-state index is 0.115. The minimum Gasteiger partial charge on any atom is -0.399 e. The van der Waals surface area contributed by atoms with Crippen LogP contribution < -0.4 is 0 Å². The van der Waals surface area contributed by atoms with Crippen LogP contribution in [-0.4, -0.2) is 23.6 Å². The van der Waals surface area contributed by atoms with Gasteiger partial charge in [0.15, 0.2) is 0 Å². The van der Waals surface area contributed by atoms with Gasteiger partial charge in [-0.05, 0) is 30.7 Å². The Kier molecular flexibility index (Phi) is 6.76. The lowest BCUT2D eigenvalue weighted by Gasteiger charge is -2.07. The third kappa shape index (κ3) is 5.32. The van der Waals surface area contributed by atoms with E-state index in [2.05, 4.69) is 10.1 Å². The number of carbonyl (C=O) groups is 1. The molecule has 0 saturated carbocycles. The number of ketones is 1. The summed E-state index contributed by atoms with van der Waals surface area (Å²) in [7, 11) is 1.47. The number of benzene rings is 1. The summed E-state index contributed by atoms with van der Waals surface area (Å²) in [6, 6.07) is 9.04. The molecule has 0 amide bonds. The van der Waals surface area contributed by atoms with Crippen molar-refractivity contribution in [1.82, 2.24) is 4.98 Å². The number of hydrogen-bond acceptors (Lipinski definition) is 4. The van der Waals surface area contributed by atoms with E-state index < -0.39 is 0 Å². The first-order valence-corrected chi connectivity index (χ1v) is 8.24. The summed E-state index contributed by atoms with van der Waals surface area (Å²) in [5.41, 5.74) is 3.29. The standard InChI is InChI=1S/C18H18Cl2N2O2/c1-12-3-4-13(11-21-12)9-15(23)6-8-18(22-24-2)14-5-7-16(19)17(20)10-14/h3-5,7,10-11H,6,8-9H2,1-2H3/b22-18+. The molecule has 4 nitrogen and oxygen atoms in total. The maximum atomic E-state index is 12.2. The highest BCUT2D eigenvalue weighted by molar-refractivity contribution is 6.42. The Bertz CT molecular complexity index is 743. The smallest absolute Gasteiger partial charge is 0.137 e. The van der Waals surface area contributed by atoms with Gasteiger partial charge in [-0.25, -0.2) is 0 Å². The van der Waals surface area contributed by atoms with Gasteiger partial charge in [-0.3, -0.25) is 9.78 Å². The molecule has 1 heterocycles. The first-order valence-electron chi connectivity index (χ1n) is 7.48. The van der Waals surface area contributed by atoms with Crippen molar-refractivity contribution in [3.8, 4) is 0 Å². The van der Waals surface area contributed by atoms with Crippen molar-refractivity contribution in [2.45, 2.75) is 26.2 Å². The second-order valence-electron chi connectivity index (χ2n) is 5.37. The van der Waals surface area contributed by atoms with Crippen LogP contribution in [0, 0.1) is 6.92 Å². The zero-order valence-corrected chi connectivity index (χ0v) is 15.1. The number of nitrogens with zero attached hydrogens (tertiary/aromatic N) is 2. The molecule has 6 heteroatoms. The predicted molar refractivity (Wildman–Crippen MR) is 96.9 cm³/mol. The molecule has 1 aromatic heterocycles. The highest BCUT2D eigenvalue weighted by Gasteiger charge is 2.11. The fourth-order valence-corrected chi connectivity index (χ4v) is 2.50. The monoisotopic (exact) mass is 364 g/mol. The number of carbonyl (C=O) groups excluding carboxylic acids is 1. The van der Waals surface area contributed by atoms with Crippen LogP contribution in [0.4, 0.5) is 0 Å². The summed E-state index contributed by atoms with van der Waals surface area (Å²) in [6.07, 6.45) is 2.91. The van der Waals surface area contributed by atoms with Crippen molar-refractivity contribution < 1.29 is 9.63 Å². The molecule has 0 saturated heterocycles. The van der Waals surface area contributed by atoms with E-state index in [1.54, 1.807) is 24.4 Å². The number of rotatable bonds is 7. The Morgan fingerprint density at radius 2 is 1.96 bits per heavy atom. The molecule has 0 unspecified atom stereocenters. The molecule has 1 aromatic carbocycles. The molecule has 126 valence electrons. The number of Topliss-reactive ketones (excluding diaryl/α,β-unsaturated/α-hetero) is 1.